The second-order valence-electron chi connectivity index (χ2n) is 7.51. The molecule has 1 saturated heterocycles. The maximum Gasteiger partial charge on any atom is 0.161 e. The fraction of sp³-hybridized carbons (Fsp3) is 0.727. The van der Waals surface area contributed by atoms with Gasteiger partial charge in [-0.25, -0.2) is 0 Å². The van der Waals surface area contributed by atoms with Gasteiger partial charge >= 0.3 is 0 Å². The molecule has 0 atom stereocenters. The van der Waals surface area contributed by atoms with E-state index in [2.05, 4.69) is 34.9 Å². The Morgan fingerprint density at radius 2 is 1.67 bits per heavy atom. The summed E-state index contributed by atoms with van der Waals surface area (Å²) in [5, 5.41) is 0. The summed E-state index contributed by atoms with van der Waals surface area (Å²) < 4.78 is 11.5. The highest BCUT2D eigenvalue weighted by Crippen LogP contribution is 2.29. The van der Waals surface area contributed by atoms with Crippen LogP contribution in [0.4, 0.5) is 0 Å². The minimum atomic E-state index is 0.768. The Balaban J connectivity index is 1.76. The average molecular weight is 378 g/mol. The summed E-state index contributed by atoms with van der Waals surface area (Å²) in [6.07, 6.45) is 7.34. The quantitative estimate of drug-likeness (QED) is 0.533. The molecule has 1 heterocycles. The van der Waals surface area contributed by atoms with Crippen LogP contribution in [-0.4, -0.2) is 62.8 Å². The highest BCUT2D eigenvalue weighted by atomic mass is 16.5. The normalized spacial score (nSPS) is 15.8. The van der Waals surface area contributed by atoms with E-state index < -0.39 is 0 Å². The largest absolute Gasteiger partial charge is 0.493 e. The zero-order valence-corrected chi connectivity index (χ0v) is 17.4. The van der Waals surface area contributed by atoms with E-state index in [9.17, 15) is 0 Å². The molecule has 1 aromatic carbocycles. The molecule has 154 valence electrons. The maximum atomic E-state index is 5.95. The number of rotatable bonds is 13. The van der Waals surface area contributed by atoms with Crippen molar-refractivity contribution in [2.24, 2.45) is 5.73 Å². The van der Waals surface area contributed by atoms with Crippen LogP contribution >= 0.6 is 0 Å². The Hall–Kier alpha value is -1.30. The van der Waals surface area contributed by atoms with Gasteiger partial charge in [-0.05, 0) is 43.6 Å². The number of ether oxygens (including phenoxy) is 2. The molecule has 0 bridgehead atoms. The number of methoxy groups -OCH3 is 1. The Bertz CT molecular complexity index is 516. The topological polar surface area (TPSA) is 51.0 Å². The van der Waals surface area contributed by atoms with E-state index in [1.54, 1.807) is 7.11 Å². The van der Waals surface area contributed by atoms with Crippen molar-refractivity contribution in [2.75, 3.05) is 53.0 Å². The Kier molecular flexibility index (Phi) is 10.6. The fourth-order valence-electron chi connectivity index (χ4n) is 3.56. The lowest BCUT2D eigenvalue weighted by molar-refractivity contribution is 0.126. The zero-order chi connectivity index (χ0) is 19.3. The van der Waals surface area contributed by atoms with Crippen molar-refractivity contribution in [3.8, 4) is 11.5 Å². The molecule has 0 unspecified atom stereocenters. The first kappa shape index (κ1) is 22.0. The highest BCUT2D eigenvalue weighted by molar-refractivity contribution is 5.43. The molecule has 1 aliphatic rings. The van der Waals surface area contributed by atoms with E-state index in [0.717, 1.165) is 76.8 Å². The summed E-state index contributed by atoms with van der Waals surface area (Å²) in [4.78, 5) is 5.03. The summed E-state index contributed by atoms with van der Waals surface area (Å²) in [6.45, 7) is 10.4. The minimum Gasteiger partial charge on any atom is -0.493 e. The second-order valence-corrected chi connectivity index (χ2v) is 7.51. The number of piperazine rings is 1. The third kappa shape index (κ3) is 8.08. The van der Waals surface area contributed by atoms with Crippen LogP contribution in [0.5, 0.6) is 11.5 Å². The van der Waals surface area contributed by atoms with Crippen LogP contribution in [0.25, 0.3) is 0 Å². The van der Waals surface area contributed by atoms with E-state index in [1.165, 1.54) is 31.2 Å². The van der Waals surface area contributed by atoms with Gasteiger partial charge in [-0.3, -0.25) is 4.90 Å². The van der Waals surface area contributed by atoms with Gasteiger partial charge in [0, 0.05) is 32.7 Å². The number of hydrogen-bond acceptors (Lipinski definition) is 5. The standard InChI is InChI=1S/C22H39N3O2/c1-3-4-5-6-7-17-27-21-10-9-20(18-22(21)26-2)19-25-15-13-24(14-16-25)12-8-11-23/h9-10,18H,3-8,11-17,19,23H2,1-2H3. The third-order valence-electron chi connectivity index (χ3n) is 5.28. The number of hydrogen-bond donors (Lipinski definition) is 1. The van der Waals surface area contributed by atoms with Crippen molar-refractivity contribution >= 4 is 0 Å². The lowest BCUT2D eigenvalue weighted by Gasteiger charge is -2.34. The van der Waals surface area contributed by atoms with Gasteiger partial charge in [0.25, 0.3) is 0 Å². The molecule has 5 nitrogen and oxygen atoms in total. The summed E-state index contributed by atoms with van der Waals surface area (Å²) in [5.41, 5.74) is 6.90. The highest BCUT2D eigenvalue weighted by Gasteiger charge is 2.17. The van der Waals surface area contributed by atoms with Gasteiger partial charge in [-0.1, -0.05) is 38.7 Å². The molecule has 0 aliphatic carbocycles. The maximum absolute atomic E-state index is 5.95. The summed E-state index contributed by atoms with van der Waals surface area (Å²) in [6, 6.07) is 6.38. The monoisotopic (exact) mass is 377 g/mol. The van der Waals surface area contributed by atoms with Crippen LogP contribution in [0.15, 0.2) is 18.2 Å². The van der Waals surface area contributed by atoms with Gasteiger partial charge in [-0.2, -0.15) is 0 Å². The van der Waals surface area contributed by atoms with Crippen LogP contribution in [0, 0.1) is 0 Å². The molecule has 2 N–H and O–H groups in total. The van der Waals surface area contributed by atoms with Gasteiger partial charge in [0.1, 0.15) is 0 Å². The fourth-order valence-corrected chi connectivity index (χ4v) is 3.56. The molecule has 1 aromatic rings. The van der Waals surface area contributed by atoms with Crippen molar-refractivity contribution in [1.82, 2.24) is 9.80 Å². The van der Waals surface area contributed by atoms with Gasteiger partial charge in [0.15, 0.2) is 11.5 Å². The van der Waals surface area contributed by atoms with Gasteiger partial charge in [0.2, 0.25) is 0 Å². The van der Waals surface area contributed by atoms with Crippen LogP contribution in [0.1, 0.15) is 51.0 Å². The molecule has 27 heavy (non-hydrogen) atoms. The van der Waals surface area contributed by atoms with Gasteiger partial charge in [0.05, 0.1) is 13.7 Å². The molecule has 2 rings (SSSR count). The lowest BCUT2D eigenvalue weighted by Crippen LogP contribution is -2.46. The molecular weight excluding hydrogens is 338 g/mol. The van der Waals surface area contributed by atoms with E-state index in [4.69, 9.17) is 15.2 Å². The number of benzene rings is 1. The molecular formula is C22H39N3O2. The first-order chi connectivity index (χ1) is 13.3. The molecule has 0 radical (unpaired) electrons. The van der Waals surface area contributed by atoms with Gasteiger partial charge in [-0.15, -0.1) is 0 Å². The Morgan fingerprint density at radius 1 is 0.926 bits per heavy atom. The van der Waals surface area contributed by atoms with Crippen molar-refractivity contribution < 1.29 is 9.47 Å². The third-order valence-corrected chi connectivity index (χ3v) is 5.28. The molecule has 0 saturated carbocycles. The summed E-state index contributed by atoms with van der Waals surface area (Å²) in [5.74, 6) is 1.71. The second kappa shape index (κ2) is 13.0. The zero-order valence-electron chi connectivity index (χ0n) is 17.4. The van der Waals surface area contributed by atoms with E-state index in [-0.39, 0.29) is 0 Å². The summed E-state index contributed by atoms with van der Waals surface area (Å²) in [7, 11) is 1.73. The number of nitrogens with zero attached hydrogens (tertiary/aromatic N) is 2. The van der Waals surface area contributed by atoms with Crippen molar-refractivity contribution in [2.45, 2.75) is 52.0 Å². The van der Waals surface area contributed by atoms with Crippen LogP contribution in [0.2, 0.25) is 0 Å². The first-order valence-electron chi connectivity index (χ1n) is 10.7. The van der Waals surface area contributed by atoms with E-state index in [1.807, 2.05) is 0 Å². The van der Waals surface area contributed by atoms with Crippen LogP contribution < -0.4 is 15.2 Å². The SMILES string of the molecule is CCCCCCCOc1ccc(CN2CCN(CCCN)CC2)cc1OC. The molecule has 5 heteroatoms. The summed E-state index contributed by atoms with van der Waals surface area (Å²) >= 11 is 0. The first-order valence-corrected chi connectivity index (χ1v) is 10.7. The van der Waals surface area contributed by atoms with Gasteiger partial charge < -0.3 is 20.1 Å². The average Bonchev–Trinajstić information content (AvgIpc) is 2.70. The van der Waals surface area contributed by atoms with Crippen LogP contribution in [0.3, 0.4) is 0 Å². The molecule has 1 aliphatic heterocycles. The smallest absolute Gasteiger partial charge is 0.161 e. The van der Waals surface area contributed by atoms with Crippen molar-refractivity contribution in [3.05, 3.63) is 23.8 Å². The Morgan fingerprint density at radius 3 is 2.37 bits per heavy atom. The molecule has 1 fully saturated rings. The van der Waals surface area contributed by atoms with E-state index in [0.29, 0.717) is 0 Å². The number of nitrogens with two attached hydrogens (primary N) is 1. The van der Waals surface area contributed by atoms with Crippen molar-refractivity contribution in [3.63, 3.8) is 0 Å². The lowest BCUT2D eigenvalue weighted by atomic mass is 10.1. The Labute approximate surface area is 165 Å². The number of unbranched alkanes of at least 4 members (excludes halogenated alkanes) is 4. The molecule has 0 amide bonds. The predicted molar refractivity (Wildman–Crippen MR) is 113 cm³/mol. The van der Waals surface area contributed by atoms with Crippen LogP contribution in [-0.2, 0) is 6.54 Å². The molecule has 0 aromatic heterocycles. The van der Waals surface area contributed by atoms with Crippen molar-refractivity contribution in [1.29, 1.82) is 0 Å². The molecule has 0 spiro atoms. The van der Waals surface area contributed by atoms with E-state index >= 15 is 0 Å². The minimum absolute atomic E-state index is 0.768. The predicted octanol–water partition coefficient (Wildman–Crippen LogP) is 3.51.